The van der Waals surface area contributed by atoms with E-state index in [2.05, 4.69) is 27.4 Å². The Bertz CT molecular complexity index is 648. The Kier molecular flexibility index (Phi) is 8.23. The lowest BCUT2D eigenvalue weighted by Gasteiger charge is -2.33. The molecule has 0 bridgehead atoms. The molecule has 7 heteroatoms. The number of nitrogens with one attached hydrogen (secondary N) is 2. The van der Waals surface area contributed by atoms with Crippen LogP contribution in [-0.4, -0.2) is 57.2 Å². The second-order valence-electron chi connectivity index (χ2n) is 6.82. The summed E-state index contributed by atoms with van der Waals surface area (Å²) in [6, 6.07) is 5.72. The lowest BCUT2D eigenvalue weighted by atomic mass is 10.0. The molecule has 1 fully saturated rings. The average Bonchev–Trinajstić information content (AvgIpc) is 2.67. The molecule has 150 valence electrons. The number of amides is 1. The largest absolute Gasteiger partial charge is 0.493 e. The SMILES string of the molecule is CCNC(=O)COc1ccc(CNC(=NC)N2CCCC(C)C2)cc1OC. The number of aliphatic imine (C=N–C) groups is 1. The summed E-state index contributed by atoms with van der Waals surface area (Å²) < 4.78 is 11.0. The van der Waals surface area contributed by atoms with Crippen LogP contribution in [-0.2, 0) is 11.3 Å². The molecule has 1 atom stereocenters. The van der Waals surface area contributed by atoms with Gasteiger partial charge in [0.05, 0.1) is 7.11 Å². The van der Waals surface area contributed by atoms with Gasteiger partial charge in [0.2, 0.25) is 0 Å². The summed E-state index contributed by atoms with van der Waals surface area (Å²) in [5, 5.41) is 6.13. The van der Waals surface area contributed by atoms with E-state index in [0.717, 1.165) is 24.6 Å². The zero-order valence-corrected chi connectivity index (χ0v) is 16.9. The van der Waals surface area contributed by atoms with Crippen molar-refractivity contribution in [1.82, 2.24) is 15.5 Å². The molecule has 1 aliphatic rings. The Morgan fingerprint density at radius 3 is 2.81 bits per heavy atom. The number of carbonyl (C=O) groups is 1. The number of rotatable bonds is 7. The molecule has 0 saturated carbocycles. The van der Waals surface area contributed by atoms with Crippen molar-refractivity contribution in [3.8, 4) is 11.5 Å². The standard InChI is InChI=1S/C20H32N4O3/c1-5-22-19(25)14-27-17-9-8-16(11-18(17)26-4)12-23-20(21-3)24-10-6-7-15(2)13-24/h8-9,11,15H,5-7,10,12-14H2,1-4H3,(H,21,23)(H,22,25). The van der Waals surface area contributed by atoms with Crippen LogP contribution >= 0.6 is 0 Å². The van der Waals surface area contributed by atoms with E-state index < -0.39 is 0 Å². The second kappa shape index (κ2) is 10.6. The van der Waals surface area contributed by atoms with E-state index in [1.807, 2.05) is 32.2 Å². The van der Waals surface area contributed by atoms with Gasteiger partial charge < -0.3 is 25.0 Å². The van der Waals surface area contributed by atoms with E-state index in [0.29, 0.717) is 30.5 Å². The highest BCUT2D eigenvalue weighted by molar-refractivity contribution is 5.80. The maximum Gasteiger partial charge on any atom is 0.257 e. The van der Waals surface area contributed by atoms with Gasteiger partial charge in [-0.15, -0.1) is 0 Å². The van der Waals surface area contributed by atoms with Crippen molar-refractivity contribution in [2.24, 2.45) is 10.9 Å². The van der Waals surface area contributed by atoms with Gasteiger partial charge >= 0.3 is 0 Å². The highest BCUT2D eigenvalue weighted by atomic mass is 16.5. The molecular weight excluding hydrogens is 344 g/mol. The highest BCUT2D eigenvalue weighted by Gasteiger charge is 2.19. The third-order valence-electron chi connectivity index (χ3n) is 4.58. The zero-order chi connectivity index (χ0) is 19.6. The molecule has 0 spiro atoms. The van der Waals surface area contributed by atoms with E-state index in [9.17, 15) is 4.79 Å². The van der Waals surface area contributed by atoms with Gasteiger partial charge in [0, 0.05) is 33.2 Å². The number of ether oxygens (including phenoxy) is 2. The van der Waals surface area contributed by atoms with Crippen molar-refractivity contribution in [2.45, 2.75) is 33.2 Å². The first-order chi connectivity index (χ1) is 13.1. The quantitative estimate of drug-likeness (QED) is 0.562. The van der Waals surface area contributed by atoms with Gasteiger partial charge in [-0.2, -0.15) is 0 Å². The van der Waals surface area contributed by atoms with E-state index in [1.54, 1.807) is 7.11 Å². The van der Waals surface area contributed by atoms with Gasteiger partial charge in [-0.1, -0.05) is 13.0 Å². The van der Waals surface area contributed by atoms with Gasteiger partial charge in [-0.05, 0) is 43.4 Å². The van der Waals surface area contributed by atoms with Gasteiger partial charge in [-0.25, -0.2) is 0 Å². The van der Waals surface area contributed by atoms with Crippen LogP contribution < -0.4 is 20.1 Å². The Balaban J connectivity index is 1.95. The molecule has 0 aliphatic carbocycles. The van der Waals surface area contributed by atoms with Crippen molar-refractivity contribution in [3.63, 3.8) is 0 Å². The van der Waals surface area contributed by atoms with Crippen LogP contribution in [0, 0.1) is 5.92 Å². The van der Waals surface area contributed by atoms with Crippen LogP contribution in [0.2, 0.25) is 0 Å². The van der Waals surface area contributed by atoms with Gasteiger partial charge in [0.1, 0.15) is 0 Å². The minimum absolute atomic E-state index is 0.0262. The Morgan fingerprint density at radius 1 is 1.33 bits per heavy atom. The minimum Gasteiger partial charge on any atom is -0.493 e. The maximum atomic E-state index is 11.6. The van der Waals surface area contributed by atoms with E-state index in [1.165, 1.54) is 12.8 Å². The number of likely N-dealkylation sites (N-methyl/N-ethyl adjacent to an activating group) is 1. The molecule has 0 aromatic heterocycles. The topological polar surface area (TPSA) is 75.2 Å². The molecule has 1 unspecified atom stereocenters. The number of guanidine groups is 1. The highest BCUT2D eigenvalue weighted by Crippen LogP contribution is 2.28. The van der Waals surface area contributed by atoms with Crippen molar-refractivity contribution < 1.29 is 14.3 Å². The molecule has 27 heavy (non-hydrogen) atoms. The van der Waals surface area contributed by atoms with Crippen LogP contribution in [0.3, 0.4) is 0 Å². The smallest absolute Gasteiger partial charge is 0.257 e. The molecular formula is C20H32N4O3. The summed E-state index contributed by atoms with van der Waals surface area (Å²) in [5.41, 5.74) is 1.06. The first-order valence-corrected chi connectivity index (χ1v) is 9.59. The van der Waals surface area contributed by atoms with Crippen molar-refractivity contribution in [1.29, 1.82) is 0 Å². The maximum absolute atomic E-state index is 11.6. The number of methoxy groups -OCH3 is 1. The Labute approximate surface area is 162 Å². The second-order valence-corrected chi connectivity index (χ2v) is 6.82. The molecule has 1 amide bonds. The molecule has 1 aliphatic heterocycles. The normalized spacial score (nSPS) is 17.4. The van der Waals surface area contributed by atoms with Gasteiger partial charge in [0.25, 0.3) is 5.91 Å². The first kappa shape index (κ1) is 20.9. The third-order valence-corrected chi connectivity index (χ3v) is 4.58. The molecule has 1 saturated heterocycles. The molecule has 1 aromatic carbocycles. The number of piperidine rings is 1. The molecule has 7 nitrogen and oxygen atoms in total. The predicted octanol–water partition coefficient (Wildman–Crippen LogP) is 2.02. The van der Waals surface area contributed by atoms with Crippen molar-refractivity contribution in [2.75, 3.05) is 40.4 Å². The first-order valence-electron chi connectivity index (χ1n) is 9.59. The van der Waals surface area contributed by atoms with Crippen LogP contribution in [0.5, 0.6) is 11.5 Å². The Morgan fingerprint density at radius 2 is 2.15 bits per heavy atom. The van der Waals surface area contributed by atoms with Crippen LogP contribution in [0.4, 0.5) is 0 Å². The fraction of sp³-hybridized carbons (Fsp3) is 0.600. The fourth-order valence-corrected chi connectivity index (χ4v) is 3.23. The van der Waals surface area contributed by atoms with E-state index in [-0.39, 0.29) is 12.5 Å². The molecule has 0 radical (unpaired) electrons. The van der Waals surface area contributed by atoms with E-state index >= 15 is 0 Å². The van der Waals surface area contributed by atoms with Gasteiger partial charge in [-0.3, -0.25) is 9.79 Å². The lowest BCUT2D eigenvalue weighted by Crippen LogP contribution is -2.45. The average molecular weight is 377 g/mol. The summed E-state index contributed by atoms with van der Waals surface area (Å²) in [7, 11) is 3.42. The number of nitrogens with zero attached hydrogens (tertiary/aromatic N) is 2. The summed E-state index contributed by atoms with van der Waals surface area (Å²) in [6.45, 7) is 7.44. The summed E-state index contributed by atoms with van der Waals surface area (Å²) >= 11 is 0. The van der Waals surface area contributed by atoms with Gasteiger partial charge in [0.15, 0.2) is 24.1 Å². The monoisotopic (exact) mass is 376 g/mol. The zero-order valence-electron chi connectivity index (χ0n) is 16.9. The number of hydrogen-bond acceptors (Lipinski definition) is 4. The lowest BCUT2D eigenvalue weighted by molar-refractivity contribution is -0.123. The van der Waals surface area contributed by atoms with Crippen molar-refractivity contribution in [3.05, 3.63) is 23.8 Å². The number of likely N-dealkylation sites (tertiary alicyclic amines) is 1. The number of carbonyl (C=O) groups excluding carboxylic acids is 1. The van der Waals surface area contributed by atoms with E-state index in [4.69, 9.17) is 9.47 Å². The van der Waals surface area contributed by atoms with Crippen LogP contribution in [0.1, 0.15) is 32.3 Å². The van der Waals surface area contributed by atoms with Crippen LogP contribution in [0.15, 0.2) is 23.2 Å². The molecule has 1 heterocycles. The number of hydrogen-bond donors (Lipinski definition) is 2. The van der Waals surface area contributed by atoms with Crippen molar-refractivity contribution >= 4 is 11.9 Å². The summed E-state index contributed by atoms with van der Waals surface area (Å²) in [4.78, 5) is 18.3. The number of benzene rings is 1. The fourth-order valence-electron chi connectivity index (χ4n) is 3.23. The van der Waals surface area contributed by atoms with Crippen LogP contribution in [0.25, 0.3) is 0 Å². The predicted molar refractivity (Wildman–Crippen MR) is 107 cm³/mol. The third kappa shape index (κ3) is 6.34. The Hall–Kier alpha value is -2.44. The summed E-state index contributed by atoms with van der Waals surface area (Å²) in [6.07, 6.45) is 2.48. The molecule has 2 rings (SSSR count). The minimum atomic E-state index is -0.148. The molecule has 2 N–H and O–H groups in total. The summed E-state index contributed by atoms with van der Waals surface area (Å²) in [5.74, 6) is 2.64. The molecule has 1 aromatic rings.